The van der Waals surface area contributed by atoms with Gasteiger partial charge in [0, 0.05) is 55.5 Å². The lowest BCUT2D eigenvalue weighted by Gasteiger charge is -2.16. The molecular weight excluding hydrogens is 685 g/mol. The lowest BCUT2D eigenvalue weighted by atomic mass is 9.86. The van der Waals surface area contributed by atoms with Crippen molar-refractivity contribution in [3.8, 4) is 22.3 Å². The molecule has 0 saturated carbocycles. The van der Waals surface area contributed by atoms with Crippen LogP contribution in [0.5, 0.6) is 0 Å². The van der Waals surface area contributed by atoms with E-state index in [9.17, 15) is 0 Å². The summed E-state index contributed by atoms with van der Waals surface area (Å²) in [5, 5.41) is 16.2. The van der Waals surface area contributed by atoms with Gasteiger partial charge in [0.1, 0.15) is 22.3 Å². The number of aromatic nitrogens is 2. The molecule has 0 spiro atoms. The zero-order valence-electron chi connectivity index (χ0n) is 29.9. The average Bonchev–Trinajstić information content (AvgIpc) is 3.83. The van der Waals surface area contributed by atoms with Crippen molar-refractivity contribution in [1.82, 2.24) is 9.97 Å². The first-order valence-corrected chi connectivity index (χ1v) is 19.0. The molecule has 4 aromatic heterocycles. The summed E-state index contributed by atoms with van der Waals surface area (Å²) in [6.45, 7) is 0. The molecule has 0 radical (unpaired) electrons. The molecule has 0 aliphatic rings. The van der Waals surface area contributed by atoms with Gasteiger partial charge in [-0.2, -0.15) is 0 Å². The normalized spacial score (nSPS) is 12.3. The van der Waals surface area contributed by atoms with E-state index in [1.807, 2.05) is 36.7 Å². The van der Waals surface area contributed by atoms with Gasteiger partial charge in [-0.15, -0.1) is 0 Å². The van der Waals surface area contributed by atoms with Crippen LogP contribution < -0.4 is 0 Å². The van der Waals surface area contributed by atoms with E-state index in [0.717, 1.165) is 87.9 Å². The van der Waals surface area contributed by atoms with Crippen molar-refractivity contribution in [3.63, 3.8) is 0 Å². The van der Waals surface area contributed by atoms with Crippen molar-refractivity contribution in [1.29, 1.82) is 0 Å². The molecule has 4 heterocycles. The third kappa shape index (κ3) is 4.13. The summed E-state index contributed by atoms with van der Waals surface area (Å²) in [7, 11) is 0. The van der Waals surface area contributed by atoms with Crippen LogP contribution in [0, 0.1) is 0 Å². The molecule has 0 saturated heterocycles. The van der Waals surface area contributed by atoms with Gasteiger partial charge < -0.3 is 8.83 Å². The Bertz CT molecular complexity index is 3590. The van der Waals surface area contributed by atoms with Crippen LogP contribution in [0.15, 0.2) is 179 Å². The quantitative estimate of drug-likeness (QED) is 0.132. The minimum Gasteiger partial charge on any atom is -0.456 e. The summed E-state index contributed by atoms with van der Waals surface area (Å²) in [5.41, 5.74) is 10.0. The monoisotopic (exact) mass is 712 g/mol. The predicted molar refractivity (Wildman–Crippen MR) is 232 cm³/mol. The highest BCUT2D eigenvalue weighted by Crippen LogP contribution is 2.47. The van der Waals surface area contributed by atoms with Crippen LogP contribution in [0.1, 0.15) is 0 Å². The van der Waals surface area contributed by atoms with E-state index in [1.165, 1.54) is 43.1 Å². The fourth-order valence-electron chi connectivity index (χ4n) is 9.36. The number of pyridine rings is 2. The van der Waals surface area contributed by atoms with Crippen molar-refractivity contribution in [2.24, 2.45) is 0 Å². The van der Waals surface area contributed by atoms with Crippen LogP contribution in [0.2, 0.25) is 0 Å². The molecule has 4 heteroatoms. The Morgan fingerprint density at radius 1 is 0.304 bits per heavy atom. The van der Waals surface area contributed by atoms with Crippen molar-refractivity contribution in [3.05, 3.63) is 170 Å². The number of furan rings is 2. The summed E-state index contributed by atoms with van der Waals surface area (Å²) in [4.78, 5) is 9.49. The Kier molecular flexibility index (Phi) is 5.86. The third-order valence-corrected chi connectivity index (χ3v) is 11.9. The molecule has 0 bridgehead atoms. The molecule has 0 fully saturated rings. The lowest BCUT2D eigenvalue weighted by molar-refractivity contribution is 0.669. The maximum atomic E-state index is 6.49. The molecule has 0 unspecified atom stereocenters. The second-order valence-electron chi connectivity index (χ2n) is 14.9. The molecule has 13 aromatic rings. The first-order chi connectivity index (χ1) is 27.7. The number of rotatable bonds is 2. The second-order valence-corrected chi connectivity index (χ2v) is 14.9. The van der Waals surface area contributed by atoms with Gasteiger partial charge in [0.2, 0.25) is 0 Å². The van der Waals surface area contributed by atoms with E-state index >= 15 is 0 Å². The van der Waals surface area contributed by atoms with Gasteiger partial charge >= 0.3 is 0 Å². The Morgan fingerprint density at radius 3 is 1.32 bits per heavy atom. The fraction of sp³-hybridized carbons (Fsp3) is 0. The van der Waals surface area contributed by atoms with E-state index < -0.39 is 0 Å². The molecule has 0 amide bonds. The summed E-state index contributed by atoms with van der Waals surface area (Å²) in [6.07, 6.45) is 3.73. The highest BCUT2D eigenvalue weighted by atomic mass is 16.3. The SMILES string of the molecule is c1cnc2cc(-c3cc4cc5cc(-c6ccc7cccnc7c6)c6c(ccc7oc8ccccc8c76)c5cc4c4ccc5oc6ccccc6c5c34)ccc2c1. The van der Waals surface area contributed by atoms with E-state index in [-0.39, 0.29) is 0 Å². The largest absolute Gasteiger partial charge is 0.456 e. The predicted octanol–water partition coefficient (Wildman–Crippen LogP) is 14.5. The Labute approximate surface area is 318 Å². The zero-order valence-corrected chi connectivity index (χ0v) is 29.9. The number of fused-ring (bicyclic) bond motifs is 16. The molecular formula is C52H28N2O2. The van der Waals surface area contributed by atoms with Gasteiger partial charge in [0.15, 0.2) is 0 Å². The molecule has 258 valence electrons. The Hall–Kier alpha value is -7.56. The zero-order chi connectivity index (χ0) is 36.5. The van der Waals surface area contributed by atoms with Crippen LogP contribution in [-0.4, -0.2) is 9.97 Å². The number of hydrogen-bond acceptors (Lipinski definition) is 4. The van der Waals surface area contributed by atoms with Gasteiger partial charge in [-0.3, -0.25) is 9.97 Å². The van der Waals surface area contributed by atoms with Crippen LogP contribution in [0.25, 0.3) is 131 Å². The Morgan fingerprint density at radius 2 is 0.804 bits per heavy atom. The molecule has 56 heavy (non-hydrogen) atoms. The third-order valence-electron chi connectivity index (χ3n) is 11.9. The van der Waals surface area contributed by atoms with Gasteiger partial charge in [-0.05, 0) is 140 Å². The average molecular weight is 713 g/mol. The van der Waals surface area contributed by atoms with Gasteiger partial charge in [0.05, 0.1) is 11.0 Å². The van der Waals surface area contributed by atoms with Crippen molar-refractivity contribution < 1.29 is 8.83 Å². The van der Waals surface area contributed by atoms with E-state index in [4.69, 9.17) is 18.8 Å². The molecule has 0 aliphatic heterocycles. The fourth-order valence-corrected chi connectivity index (χ4v) is 9.36. The maximum Gasteiger partial charge on any atom is 0.136 e. The number of benzene rings is 9. The molecule has 4 nitrogen and oxygen atoms in total. The van der Waals surface area contributed by atoms with Crippen molar-refractivity contribution >= 4 is 109 Å². The van der Waals surface area contributed by atoms with Crippen LogP contribution in [0.3, 0.4) is 0 Å². The van der Waals surface area contributed by atoms with Crippen molar-refractivity contribution in [2.75, 3.05) is 0 Å². The lowest BCUT2D eigenvalue weighted by Crippen LogP contribution is -1.90. The van der Waals surface area contributed by atoms with E-state index in [1.54, 1.807) is 0 Å². The maximum absolute atomic E-state index is 6.49. The van der Waals surface area contributed by atoms with Gasteiger partial charge in [-0.25, -0.2) is 0 Å². The molecule has 0 aliphatic carbocycles. The van der Waals surface area contributed by atoms with E-state index in [2.05, 4.69) is 133 Å². The molecule has 9 aromatic carbocycles. The van der Waals surface area contributed by atoms with Gasteiger partial charge in [0.25, 0.3) is 0 Å². The molecule has 0 N–H and O–H groups in total. The minimum atomic E-state index is 0.883. The summed E-state index contributed by atoms with van der Waals surface area (Å²) in [6, 6.07) is 56.5. The highest BCUT2D eigenvalue weighted by Gasteiger charge is 2.21. The molecule has 0 atom stereocenters. The standard InChI is InChI=1S/C52H28N2O2/c1-3-11-45-37(9-1)51-47(55-45)19-17-35-39-28-40-34(23-33(39)24-41(49(35)51)31-15-13-29-7-5-21-53-43(29)26-31)25-42(32-16-14-30-8-6-22-54-44(30)27-32)50-36(40)18-20-48-52(50)38-10-2-4-12-46(38)56-48/h1-28H. The van der Waals surface area contributed by atoms with E-state index in [0.29, 0.717) is 0 Å². The highest BCUT2D eigenvalue weighted by molar-refractivity contribution is 6.32. The first-order valence-electron chi connectivity index (χ1n) is 19.0. The summed E-state index contributed by atoms with van der Waals surface area (Å²) < 4.78 is 13.0. The van der Waals surface area contributed by atoms with Crippen LogP contribution in [-0.2, 0) is 0 Å². The van der Waals surface area contributed by atoms with Crippen LogP contribution in [0.4, 0.5) is 0 Å². The molecule has 13 rings (SSSR count). The summed E-state index contributed by atoms with van der Waals surface area (Å²) >= 11 is 0. The number of para-hydroxylation sites is 2. The van der Waals surface area contributed by atoms with Crippen molar-refractivity contribution in [2.45, 2.75) is 0 Å². The first kappa shape index (κ1) is 29.8. The number of nitrogens with zero attached hydrogens (tertiary/aromatic N) is 2. The summed E-state index contributed by atoms with van der Waals surface area (Å²) in [5.74, 6) is 0. The van der Waals surface area contributed by atoms with Crippen LogP contribution >= 0.6 is 0 Å². The number of hydrogen-bond donors (Lipinski definition) is 0. The Balaban J connectivity index is 1.20. The van der Waals surface area contributed by atoms with Gasteiger partial charge in [-0.1, -0.05) is 72.8 Å². The topological polar surface area (TPSA) is 52.1 Å². The smallest absolute Gasteiger partial charge is 0.136 e. The second kappa shape index (κ2) is 11.0. The minimum absolute atomic E-state index is 0.883.